The Bertz CT molecular complexity index is 978. The molecule has 29 heavy (non-hydrogen) atoms. The number of likely N-dealkylation sites (tertiary alicyclic amines) is 1. The van der Waals surface area contributed by atoms with Gasteiger partial charge in [-0.05, 0) is 24.3 Å². The Labute approximate surface area is 171 Å². The van der Waals surface area contributed by atoms with E-state index in [-0.39, 0.29) is 29.4 Å². The Morgan fingerprint density at radius 2 is 2.10 bits per heavy atom. The summed E-state index contributed by atoms with van der Waals surface area (Å²) < 4.78 is 29.4. The molecule has 7 nitrogen and oxygen atoms in total. The SMILES string of the molecule is COc1cc2c(cc1C(=O)N1CC(COc3ccc(F)cc3Cl)C1)NC(=O)CO2. The summed E-state index contributed by atoms with van der Waals surface area (Å²) in [4.78, 5) is 26.1. The highest BCUT2D eigenvalue weighted by molar-refractivity contribution is 6.32. The molecule has 0 saturated carbocycles. The molecule has 2 aromatic rings. The lowest BCUT2D eigenvalue weighted by Crippen LogP contribution is -2.52. The summed E-state index contributed by atoms with van der Waals surface area (Å²) in [5, 5.41) is 2.90. The lowest BCUT2D eigenvalue weighted by atomic mass is 9.99. The standard InChI is InChI=1S/C20H18ClFN2O5/c1-27-17-6-18-15(23-19(25)10-29-18)5-13(17)20(26)24-7-11(8-24)9-28-16-3-2-12(22)4-14(16)21/h2-6,11H,7-10H2,1H3,(H,23,25). The number of amides is 2. The van der Waals surface area contributed by atoms with Gasteiger partial charge < -0.3 is 24.4 Å². The van der Waals surface area contributed by atoms with Crippen LogP contribution in [0.3, 0.4) is 0 Å². The quantitative estimate of drug-likeness (QED) is 0.804. The number of anilines is 1. The fourth-order valence-corrected chi connectivity index (χ4v) is 3.48. The molecular weight excluding hydrogens is 403 g/mol. The van der Waals surface area contributed by atoms with Crippen molar-refractivity contribution >= 4 is 29.1 Å². The van der Waals surface area contributed by atoms with E-state index in [0.717, 1.165) is 0 Å². The van der Waals surface area contributed by atoms with Gasteiger partial charge in [0.05, 0.1) is 30.0 Å². The average Bonchev–Trinajstić information content (AvgIpc) is 2.66. The van der Waals surface area contributed by atoms with Crippen LogP contribution in [0.5, 0.6) is 17.2 Å². The number of carbonyl (C=O) groups excluding carboxylic acids is 2. The van der Waals surface area contributed by atoms with Crippen molar-refractivity contribution in [2.45, 2.75) is 0 Å². The van der Waals surface area contributed by atoms with Gasteiger partial charge in [-0.15, -0.1) is 0 Å². The Kier molecular flexibility index (Phi) is 5.19. The smallest absolute Gasteiger partial charge is 0.262 e. The summed E-state index contributed by atoms with van der Waals surface area (Å²) in [6, 6.07) is 7.11. The number of hydrogen-bond donors (Lipinski definition) is 1. The number of hydrogen-bond acceptors (Lipinski definition) is 5. The maximum Gasteiger partial charge on any atom is 0.262 e. The third-order valence-electron chi connectivity index (χ3n) is 4.78. The summed E-state index contributed by atoms with van der Waals surface area (Å²) >= 11 is 5.95. The Morgan fingerprint density at radius 3 is 2.83 bits per heavy atom. The summed E-state index contributed by atoms with van der Waals surface area (Å²) in [6.45, 7) is 1.29. The molecule has 2 aliphatic rings. The van der Waals surface area contributed by atoms with Gasteiger partial charge in [-0.3, -0.25) is 9.59 Å². The van der Waals surface area contributed by atoms with Gasteiger partial charge in [0.25, 0.3) is 11.8 Å². The van der Waals surface area contributed by atoms with Gasteiger partial charge in [-0.25, -0.2) is 4.39 Å². The maximum atomic E-state index is 13.1. The number of halogens is 2. The van der Waals surface area contributed by atoms with Crippen LogP contribution < -0.4 is 19.5 Å². The number of carbonyl (C=O) groups is 2. The third kappa shape index (κ3) is 3.93. The van der Waals surface area contributed by atoms with Gasteiger partial charge in [0.2, 0.25) is 0 Å². The van der Waals surface area contributed by atoms with Crippen molar-refractivity contribution in [2.75, 3.05) is 38.7 Å². The van der Waals surface area contributed by atoms with Gasteiger partial charge in [0.15, 0.2) is 6.61 Å². The molecule has 0 radical (unpaired) electrons. The predicted molar refractivity (Wildman–Crippen MR) is 103 cm³/mol. The van der Waals surface area contributed by atoms with Gasteiger partial charge in [0, 0.05) is 25.1 Å². The van der Waals surface area contributed by atoms with Crippen molar-refractivity contribution in [2.24, 2.45) is 5.92 Å². The first kappa shape index (κ1) is 19.3. The van der Waals surface area contributed by atoms with E-state index in [1.165, 1.54) is 25.3 Å². The molecule has 0 unspecified atom stereocenters. The number of rotatable bonds is 5. The minimum atomic E-state index is -0.427. The van der Waals surface area contributed by atoms with E-state index in [1.54, 1.807) is 17.0 Å². The van der Waals surface area contributed by atoms with Gasteiger partial charge in [0.1, 0.15) is 23.1 Å². The van der Waals surface area contributed by atoms with Crippen LogP contribution in [0.15, 0.2) is 30.3 Å². The van der Waals surface area contributed by atoms with Crippen LogP contribution in [-0.4, -0.2) is 50.1 Å². The molecule has 2 amide bonds. The topological polar surface area (TPSA) is 77.1 Å². The molecule has 0 aromatic heterocycles. The number of fused-ring (bicyclic) bond motifs is 1. The van der Waals surface area contributed by atoms with Crippen LogP contribution in [0.25, 0.3) is 0 Å². The van der Waals surface area contributed by atoms with Crippen molar-refractivity contribution in [3.05, 3.63) is 46.7 Å². The van der Waals surface area contributed by atoms with Crippen molar-refractivity contribution < 1.29 is 28.2 Å². The molecule has 0 atom stereocenters. The second-order valence-electron chi connectivity index (χ2n) is 6.85. The molecule has 4 rings (SSSR count). The number of methoxy groups -OCH3 is 1. The highest BCUT2D eigenvalue weighted by atomic mass is 35.5. The van der Waals surface area contributed by atoms with E-state index in [9.17, 15) is 14.0 Å². The highest BCUT2D eigenvalue weighted by Gasteiger charge is 2.34. The third-order valence-corrected chi connectivity index (χ3v) is 5.07. The maximum absolute atomic E-state index is 13.1. The van der Waals surface area contributed by atoms with Gasteiger partial charge in [-0.1, -0.05) is 11.6 Å². The summed E-state index contributed by atoms with van der Waals surface area (Å²) in [7, 11) is 1.47. The molecule has 9 heteroatoms. The summed E-state index contributed by atoms with van der Waals surface area (Å²) in [5.74, 6) is 0.467. The number of nitrogens with zero attached hydrogens (tertiary/aromatic N) is 1. The average molecular weight is 421 g/mol. The van der Waals surface area contributed by atoms with Crippen LogP contribution in [-0.2, 0) is 4.79 Å². The number of nitrogens with one attached hydrogen (secondary N) is 1. The van der Waals surface area contributed by atoms with Crippen LogP contribution in [0.2, 0.25) is 5.02 Å². The predicted octanol–water partition coefficient (Wildman–Crippen LogP) is 2.97. The van der Waals surface area contributed by atoms with Crippen molar-refractivity contribution in [1.29, 1.82) is 0 Å². The minimum Gasteiger partial charge on any atom is -0.496 e. The Morgan fingerprint density at radius 1 is 1.31 bits per heavy atom. The summed E-state index contributed by atoms with van der Waals surface area (Å²) in [5.41, 5.74) is 0.787. The number of ether oxygens (including phenoxy) is 3. The molecule has 2 aliphatic heterocycles. The molecule has 1 N–H and O–H groups in total. The first-order chi connectivity index (χ1) is 13.9. The van der Waals surface area contributed by atoms with E-state index in [4.69, 9.17) is 25.8 Å². The largest absolute Gasteiger partial charge is 0.496 e. The van der Waals surface area contributed by atoms with Crippen LogP contribution in [0.1, 0.15) is 10.4 Å². The second-order valence-corrected chi connectivity index (χ2v) is 7.25. The summed E-state index contributed by atoms with van der Waals surface area (Å²) in [6.07, 6.45) is 0. The van der Waals surface area contributed by atoms with Crippen molar-refractivity contribution in [3.8, 4) is 17.2 Å². The molecule has 1 fully saturated rings. The fraction of sp³-hybridized carbons (Fsp3) is 0.300. The lowest BCUT2D eigenvalue weighted by Gasteiger charge is -2.39. The van der Waals surface area contributed by atoms with E-state index in [0.29, 0.717) is 48.2 Å². The molecule has 0 spiro atoms. The highest BCUT2D eigenvalue weighted by Crippen LogP contribution is 2.36. The normalized spacial score (nSPS) is 15.7. The zero-order valence-corrected chi connectivity index (χ0v) is 16.3. The van der Waals surface area contributed by atoms with E-state index in [1.807, 2.05) is 0 Å². The van der Waals surface area contributed by atoms with Crippen molar-refractivity contribution in [3.63, 3.8) is 0 Å². The fourth-order valence-electron chi connectivity index (χ4n) is 3.26. The zero-order chi connectivity index (χ0) is 20.5. The van der Waals surface area contributed by atoms with E-state index >= 15 is 0 Å². The van der Waals surface area contributed by atoms with Crippen LogP contribution >= 0.6 is 11.6 Å². The molecule has 1 saturated heterocycles. The van der Waals surface area contributed by atoms with Crippen LogP contribution in [0.4, 0.5) is 10.1 Å². The van der Waals surface area contributed by atoms with E-state index < -0.39 is 5.82 Å². The first-order valence-corrected chi connectivity index (χ1v) is 9.34. The molecule has 2 heterocycles. The zero-order valence-electron chi connectivity index (χ0n) is 15.5. The van der Waals surface area contributed by atoms with E-state index in [2.05, 4.69) is 5.32 Å². The Balaban J connectivity index is 1.39. The molecular formula is C20H18ClFN2O5. The molecule has 0 aliphatic carbocycles. The molecule has 152 valence electrons. The molecule has 0 bridgehead atoms. The number of benzene rings is 2. The minimum absolute atomic E-state index is 0.0741. The van der Waals surface area contributed by atoms with Crippen molar-refractivity contribution in [1.82, 2.24) is 4.90 Å². The van der Waals surface area contributed by atoms with Gasteiger partial charge >= 0.3 is 0 Å². The molecule has 2 aromatic carbocycles. The lowest BCUT2D eigenvalue weighted by molar-refractivity contribution is -0.118. The monoisotopic (exact) mass is 420 g/mol. The van der Waals surface area contributed by atoms with Gasteiger partial charge in [-0.2, -0.15) is 0 Å². The Hall–Kier alpha value is -3.00. The second kappa shape index (κ2) is 7.79. The first-order valence-electron chi connectivity index (χ1n) is 8.96. The van der Waals surface area contributed by atoms with Crippen LogP contribution in [0, 0.1) is 11.7 Å².